The van der Waals surface area contributed by atoms with Gasteiger partial charge < -0.3 is 10.1 Å². The lowest BCUT2D eigenvalue weighted by Gasteiger charge is -2.21. The van der Waals surface area contributed by atoms with Crippen LogP contribution in [0.15, 0.2) is 54.6 Å². The van der Waals surface area contributed by atoms with Crippen molar-refractivity contribution in [3.8, 4) is 5.75 Å². The van der Waals surface area contributed by atoms with Gasteiger partial charge in [-0.1, -0.05) is 42.5 Å². The third kappa shape index (κ3) is 5.21. The molecule has 1 amide bonds. The lowest BCUT2D eigenvalue weighted by molar-refractivity contribution is -0.123. The largest absolute Gasteiger partial charge is 0.484 e. The Morgan fingerprint density at radius 2 is 1.75 bits per heavy atom. The van der Waals surface area contributed by atoms with Crippen molar-refractivity contribution >= 4 is 29.4 Å². The monoisotopic (exact) mass is 359 g/mol. The van der Waals surface area contributed by atoms with E-state index in [-0.39, 0.29) is 12.5 Å². The van der Waals surface area contributed by atoms with E-state index in [0.29, 0.717) is 11.1 Å². The van der Waals surface area contributed by atoms with Gasteiger partial charge in [0, 0.05) is 6.54 Å². The minimum atomic E-state index is -0.110. The fourth-order valence-electron chi connectivity index (χ4n) is 2.40. The van der Waals surface area contributed by atoms with Gasteiger partial charge in [0.15, 0.2) is 6.61 Å². The van der Waals surface area contributed by atoms with Crippen LogP contribution in [0.4, 0.5) is 0 Å². The molecule has 5 heteroatoms. The summed E-state index contributed by atoms with van der Waals surface area (Å²) in [4.78, 5) is 11.9. The first-order chi connectivity index (χ1) is 11.8. The molecule has 126 valence electrons. The molecule has 0 radical (unpaired) electrons. The Labute approximate surface area is 151 Å². The highest BCUT2D eigenvalue weighted by Crippen LogP contribution is 2.43. The van der Waals surface area contributed by atoms with Crippen molar-refractivity contribution in [1.29, 1.82) is 0 Å². The molecule has 0 atom stereocenters. The molecule has 1 heterocycles. The third-order valence-corrected chi connectivity index (χ3v) is 6.70. The van der Waals surface area contributed by atoms with E-state index in [1.165, 1.54) is 23.5 Å². The van der Waals surface area contributed by atoms with Gasteiger partial charge in [-0.15, -0.1) is 23.5 Å². The maximum absolute atomic E-state index is 11.9. The lowest BCUT2D eigenvalue weighted by Crippen LogP contribution is -2.28. The van der Waals surface area contributed by atoms with Gasteiger partial charge in [-0.05, 0) is 41.2 Å². The van der Waals surface area contributed by atoms with Gasteiger partial charge in [-0.3, -0.25) is 4.79 Å². The number of hydrogen-bond acceptors (Lipinski definition) is 4. The molecule has 1 saturated heterocycles. The standard InChI is InChI=1S/C19H21NO2S2/c21-18(20-13-15-5-2-1-3-6-15)14-22-17-9-7-16(8-10-17)19-23-11-4-12-24-19/h1-3,5-10,19H,4,11-14H2,(H,20,21). The van der Waals surface area contributed by atoms with Crippen molar-refractivity contribution < 1.29 is 9.53 Å². The Balaban J connectivity index is 1.43. The molecule has 3 nitrogen and oxygen atoms in total. The van der Waals surface area contributed by atoms with E-state index in [2.05, 4.69) is 17.4 Å². The van der Waals surface area contributed by atoms with Gasteiger partial charge in [0.1, 0.15) is 5.75 Å². The molecule has 2 aromatic rings. The van der Waals surface area contributed by atoms with Crippen LogP contribution in [0.1, 0.15) is 22.1 Å². The molecule has 0 bridgehead atoms. The fourth-order valence-corrected chi connectivity index (χ4v) is 5.29. The van der Waals surface area contributed by atoms with E-state index in [0.717, 1.165) is 11.3 Å². The van der Waals surface area contributed by atoms with Crippen LogP contribution in [0, 0.1) is 0 Å². The second-order valence-electron chi connectivity index (χ2n) is 5.55. The molecule has 3 rings (SSSR count). The number of benzene rings is 2. The first-order valence-electron chi connectivity index (χ1n) is 8.08. The summed E-state index contributed by atoms with van der Waals surface area (Å²) in [5.41, 5.74) is 2.41. The number of rotatable bonds is 6. The van der Waals surface area contributed by atoms with Crippen molar-refractivity contribution in [2.45, 2.75) is 17.5 Å². The normalized spacial score (nSPS) is 15.0. The molecule has 1 aliphatic heterocycles. The van der Waals surface area contributed by atoms with Gasteiger partial charge in [0.25, 0.3) is 5.91 Å². The van der Waals surface area contributed by atoms with Crippen molar-refractivity contribution in [2.24, 2.45) is 0 Å². The summed E-state index contributed by atoms with van der Waals surface area (Å²) in [5, 5.41) is 2.86. The molecule has 1 aliphatic rings. The second-order valence-corrected chi connectivity index (χ2v) is 8.27. The van der Waals surface area contributed by atoms with E-state index in [1.54, 1.807) is 0 Å². The number of ether oxygens (including phenoxy) is 1. The minimum Gasteiger partial charge on any atom is -0.484 e. The Kier molecular flexibility index (Phi) is 6.49. The zero-order chi connectivity index (χ0) is 16.6. The summed E-state index contributed by atoms with van der Waals surface area (Å²) in [6, 6.07) is 18.0. The maximum atomic E-state index is 11.9. The Bertz CT molecular complexity index is 640. The minimum absolute atomic E-state index is 0.0408. The SMILES string of the molecule is O=C(COc1ccc(C2SCCCS2)cc1)NCc1ccccc1. The lowest BCUT2D eigenvalue weighted by atomic mass is 10.2. The first kappa shape index (κ1) is 17.2. The second kappa shape index (κ2) is 9.04. The van der Waals surface area contributed by atoms with Crippen LogP contribution in [0.2, 0.25) is 0 Å². The number of nitrogens with one attached hydrogen (secondary N) is 1. The zero-order valence-electron chi connectivity index (χ0n) is 13.4. The highest BCUT2D eigenvalue weighted by atomic mass is 32.2. The molecule has 0 unspecified atom stereocenters. The van der Waals surface area contributed by atoms with E-state index in [4.69, 9.17) is 4.74 Å². The van der Waals surface area contributed by atoms with Gasteiger partial charge in [0.2, 0.25) is 0 Å². The average molecular weight is 360 g/mol. The van der Waals surface area contributed by atoms with Crippen LogP contribution in [0.25, 0.3) is 0 Å². The van der Waals surface area contributed by atoms with E-state index in [9.17, 15) is 4.79 Å². The number of thioether (sulfide) groups is 2. The van der Waals surface area contributed by atoms with Crippen LogP contribution in [0.3, 0.4) is 0 Å². The summed E-state index contributed by atoms with van der Waals surface area (Å²) in [5.74, 6) is 3.09. The summed E-state index contributed by atoms with van der Waals surface area (Å²) in [7, 11) is 0. The number of carbonyl (C=O) groups is 1. The van der Waals surface area contributed by atoms with E-state index >= 15 is 0 Å². The number of hydrogen-bond donors (Lipinski definition) is 1. The summed E-state index contributed by atoms with van der Waals surface area (Å²) in [6.45, 7) is 0.567. The molecule has 24 heavy (non-hydrogen) atoms. The molecule has 1 fully saturated rings. The average Bonchev–Trinajstić information content (AvgIpc) is 2.67. The number of amides is 1. The van der Waals surface area contributed by atoms with Gasteiger partial charge >= 0.3 is 0 Å². The van der Waals surface area contributed by atoms with Gasteiger partial charge in [0.05, 0.1) is 4.58 Å². The van der Waals surface area contributed by atoms with Crippen molar-refractivity contribution in [1.82, 2.24) is 5.32 Å². The van der Waals surface area contributed by atoms with Crippen LogP contribution >= 0.6 is 23.5 Å². The molecule has 1 N–H and O–H groups in total. The maximum Gasteiger partial charge on any atom is 0.258 e. The van der Waals surface area contributed by atoms with E-state index in [1.807, 2.05) is 66.0 Å². The molecule has 0 saturated carbocycles. The number of carbonyl (C=O) groups excluding carboxylic acids is 1. The Morgan fingerprint density at radius 3 is 2.46 bits per heavy atom. The Morgan fingerprint density at radius 1 is 1.04 bits per heavy atom. The Hall–Kier alpha value is -1.59. The van der Waals surface area contributed by atoms with Gasteiger partial charge in [-0.2, -0.15) is 0 Å². The predicted molar refractivity (Wildman–Crippen MR) is 102 cm³/mol. The summed E-state index contributed by atoms with van der Waals surface area (Å²) < 4.78 is 6.10. The van der Waals surface area contributed by atoms with Crippen LogP contribution in [-0.2, 0) is 11.3 Å². The quantitative estimate of drug-likeness (QED) is 0.837. The fraction of sp³-hybridized carbons (Fsp3) is 0.316. The summed E-state index contributed by atoms with van der Waals surface area (Å²) >= 11 is 4.01. The smallest absolute Gasteiger partial charge is 0.258 e. The van der Waals surface area contributed by atoms with Crippen LogP contribution in [-0.4, -0.2) is 24.0 Å². The molecular weight excluding hydrogens is 338 g/mol. The van der Waals surface area contributed by atoms with Crippen molar-refractivity contribution in [3.63, 3.8) is 0 Å². The van der Waals surface area contributed by atoms with Crippen LogP contribution < -0.4 is 10.1 Å². The van der Waals surface area contributed by atoms with Crippen molar-refractivity contribution in [2.75, 3.05) is 18.1 Å². The highest BCUT2D eigenvalue weighted by molar-refractivity contribution is 8.16. The summed E-state index contributed by atoms with van der Waals surface area (Å²) in [6.07, 6.45) is 1.30. The molecule has 0 aliphatic carbocycles. The highest BCUT2D eigenvalue weighted by Gasteiger charge is 2.16. The third-order valence-electron chi connectivity index (χ3n) is 3.68. The van der Waals surface area contributed by atoms with Gasteiger partial charge in [-0.25, -0.2) is 0 Å². The van der Waals surface area contributed by atoms with E-state index < -0.39 is 0 Å². The van der Waals surface area contributed by atoms with Crippen LogP contribution in [0.5, 0.6) is 5.75 Å². The molecule has 0 aromatic heterocycles. The predicted octanol–water partition coefficient (Wildman–Crippen LogP) is 4.25. The molecular formula is C19H21NO2S2. The molecule has 2 aromatic carbocycles. The zero-order valence-corrected chi connectivity index (χ0v) is 15.1. The van der Waals surface area contributed by atoms with Crippen molar-refractivity contribution in [3.05, 3.63) is 65.7 Å². The first-order valence-corrected chi connectivity index (χ1v) is 10.2. The molecule has 0 spiro atoms. The topological polar surface area (TPSA) is 38.3 Å².